The van der Waals surface area contributed by atoms with Crippen LogP contribution in [0.1, 0.15) is 11.3 Å². The molecular weight excluding hydrogens is 410 g/mol. The van der Waals surface area contributed by atoms with Gasteiger partial charge in [0.1, 0.15) is 5.75 Å². The van der Waals surface area contributed by atoms with Crippen LogP contribution < -0.4 is 10.1 Å². The van der Waals surface area contributed by atoms with Gasteiger partial charge in [-0.1, -0.05) is 18.2 Å². The first-order valence-electron chi connectivity index (χ1n) is 6.09. The van der Waals surface area contributed by atoms with Gasteiger partial charge in [-0.3, -0.25) is 4.98 Å². The summed E-state index contributed by atoms with van der Waals surface area (Å²) in [4.78, 5) is 4.27. The van der Waals surface area contributed by atoms with Crippen molar-refractivity contribution in [3.63, 3.8) is 0 Å². The molecule has 0 fully saturated rings. The molecule has 0 aliphatic rings. The fourth-order valence-corrected chi connectivity index (χ4v) is 2.88. The lowest BCUT2D eigenvalue weighted by Gasteiger charge is -2.11. The van der Waals surface area contributed by atoms with Gasteiger partial charge in [-0.15, -0.1) is 0 Å². The van der Waals surface area contributed by atoms with Crippen LogP contribution in [-0.2, 0) is 13.1 Å². The Balaban J connectivity index is 1.97. The Morgan fingerprint density at radius 1 is 1.19 bits per heavy atom. The van der Waals surface area contributed by atoms with E-state index in [2.05, 4.69) is 46.9 Å². The van der Waals surface area contributed by atoms with Crippen molar-refractivity contribution in [2.24, 2.45) is 0 Å². The molecule has 0 radical (unpaired) electrons. The molecule has 1 aromatic heterocycles. The van der Waals surface area contributed by atoms with Crippen LogP contribution >= 0.6 is 31.9 Å². The van der Waals surface area contributed by atoms with Crippen molar-refractivity contribution in [3.05, 3.63) is 56.7 Å². The number of nitrogens with zero attached hydrogens (tertiary/aromatic N) is 1. The van der Waals surface area contributed by atoms with Crippen LogP contribution in [0, 0.1) is 0 Å². The normalized spacial score (nSPS) is 10.9. The van der Waals surface area contributed by atoms with Crippen molar-refractivity contribution in [1.82, 2.24) is 10.3 Å². The highest BCUT2D eigenvalue weighted by Gasteiger charge is 2.09. The Morgan fingerprint density at radius 3 is 2.67 bits per heavy atom. The third-order valence-electron chi connectivity index (χ3n) is 2.68. The van der Waals surface area contributed by atoms with Gasteiger partial charge in [-0.25, -0.2) is 0 Å². The Morgan fingerprint density at radius 2 is 1.95 bits per heavy atom. The summed E-state index contributed by atoms with van der Waals surface area (Å²) in [5, 5.41) is 3.16. The number of aromatic nitrogens is 1. The number of para-hydroxylation sites is 1. The summed E-state index contributed by atoms with van der Waals surface area (Å²) in [7, 11) is 0. The van der Waals surface area contributed by atoms with Crippen LogP contribution in [-0.4, -0.2) is 11.6 Å². The van der Waals surface area contributed by atoms with E-state index in [9.17, 15) is 8.78 Å². The maximum Gasteiger partial charge on any atom is 0.387 e. The molecule has 0 saturated heterocycles. The zero-order valence-electron chi connectivity index (χ0n) is 10.8. The topological polar surface area (TPSA) is 34.1 Å². The van der Waals surface area contributed by atoms with Crippen LogP contribution in [0.2, 0.25) is 0 Å². The predicted molar refractivity (Wildman–Crippen MR) is 83.3 cm³/mol. The number of alkyl halides is 2. The molecule has 7 heteroatoms. The largest absolute Gasteiger partial charge is 0.434 e. The molecule has 2 rings (SSSR count). The average Bonchev–Trinajstić information content (AvgIpc) is 2.42. The Kier molecular flexibility index (Phi) is 6.08. The second kappa shape index (κ2) is 7.82. The van der Waals surface area contributed by atoms with Crippen LogP contribution in [0.25, 0.3) is 0 Å². The molecule has 3 nitrogen and oxygen atoms in total. The van der Waals surface area contributed by atoms with Crippen molar-refractivity contribution >= 4 is 31.9 Å². The molecule has 2 aromatic rings. The van der Waals surface area contributed by atoms with E-state index < -0.39 is 6.61 Å². The zero-order chi connectivity index (χ0) is 15.2. The number of ether oxygens (including phenoxy) is 1. The monoisotopic (exact) mass is 420 g/mol. The van der Waals surface area contributed by atoms with Crippen molar-refractivity contribution < 1.29 is 13.5 Å². The minimum Gasteiger partial charge on any atom is -0.434 e. The Hall–Kier alpha value is -1.05. The molecule has 0 unspecified atom stereocenters. The molecule has 1 heterocycles. The number of hydrogen-bond acceptors (Lipinski definition) is 3. The van der Waals surface area contributed by atoms with Crippen molar-refractivity contribution in [2.45, 2.75) is 19.7 Å². The van der Waals surface area contributed by atoms with E-state index in [4.69, 9.17) is 0 Å². The third kappa shape index (κ3) is 5.01. The van der Waals surface area contributed by atoms with Crippen LogP contribution in [0.4, 0.5) is 8.78 Å². The first-order chi connectivity index (χ1) is 10.1. The lowest BCUT2D eigenvalue weighted by molar-refractivity contribution is -0.0505. The first kappa shape index (κ1) is 16.3. The highest BCUT2D eigenvalue weighted by Crippen LogP contribution is 2.21. The van der Waals surface area contributed by atoms with E-state index in [0.717, 1.165) is 14.6 Å². The number of halogens is 4. The van der Waals surface area contributed by atoms with Gasteiger partial charge in [-0.2, -0.15) is 8.78 Å². The first-order valence-corrected chi connectivity index (χ1v) is 7.68. The van der Waals surface area contributed by atoms with Gasteiger partial charge in [0, 0.05) is 33.8 Å². The summed E-state index contributed by atoms with van der Waals surface area (Å²) in [5.74, 6) is 0.183. The lowest BCUT2D eigenvalue weighted by atomic mass is 10.2. The second-order valence-corrected chi connectivity index (χ2v) is 5.94. The van der Waals surface area contributed by atoms with Gasteiger partial charge in [0.05, 0.1) is 5.69 Å². The predicted octanol–water partition coefficient (Wildman–Crippen LogP) is 4.50. The zero-order valence-corrected chi connectivity index (χ0v) is 14.0. The molecular formula is C14H12Br2F2N2O. The molecule has 1 aromatic carbocycles. The number of rotatable bonds is 6. The van der Waals surface area contributed by atoms with Gasteiger partial charge in [0.2, 0.25) is 0 Å². The SMILES string of the molecule is FC(F)Oc1ccccc1CNCc1ncc(Br)cc1Br. The van der Waals surface area contributed by atoms with Gasteiger partial charge < -0.3 is 10.1 Å². The van der Waals surface area contributed by atoms with Crippen molar-refractivity contribution in [2.75, 3.05) is 0 Å². The Bertz CT molecular complexity index is 611. The summed E-state index contributed by atoms with van der Waals surface area (Å²) >= 11 is 6.76. The minimum absolute atomic E-state index is 0.183. The number of hydrogen-bond donors (Lipinski definition) is 1. The van der Waals surface area contributed by atoms with E-state index in [1.54, 1.807) is 24.4 Å². The number of pyridine rings is 1. The molecule has 0 saturated carbocycles. The molecule has 0 aliphatic heterocycles. The van der Waals surface area contributed by atoms with E-state index in [1.807, 2.05) is 6.07 Å². The highest BCUT2D eigenvalue weighted by atomic mass is 79.9. The fourth-order valence-electron chi connectivity index (χ4n) is 1.75. The molecule has 0 bridgehead atoms. The smallest absolute Gasteiger partial charge is 0.387 e. The number of benzene rings is 1. The number of nitrogens with one attached hydrogen (secondary N) is 1. The van der Waals surface area contributed by atoms with E-state index >= 15 is 0 Å². The maximum atomic E-state index is 12.3. The highest BCUT2D eigenvalue weighted by molar-refractivity contribution is 9.11. The molecule has 0 amide bonds. The average molecular weight is 422 g/mol. The molecule has 0 atom stereocenters. The molecule has 1 N–H and O–H groups in total. The quantitative estimate of drug-likeness (QED) is 0.745. The lowest BCUT2D eigenvalue weighted by Crippen LogP contribution is -2.15. The van der Waals surface area contributed by atoms with Gasteiger partial charge in [0.15, 0.2) is 0 Å². The molecule has 21 heavy (non-hydrogen) atoms. The molecule has 0 spiro atoms. The van der Waals surface area contributed by atoms with Gasteiger partial charge in [0.25, 0.3) is 0 Å². The van der Waals surface area contributed by atoms with Crippen LogP contribution in [0.3, 0.4) is 0 Å². The second-order valence-electron chi connectivity index (χ2n) is 4.17. The maximum absolute atomic E-state index is 12.3. The summed E-state index contributed by atoms with van der Waals surface area (Å²) in [6.07, 6.45) is 1.70. The van der Waals surface area contributed by atoms with Crippen LogP contribution in [0.5, 0.6) is 5.75 Å². The van der Waals surface area contributed by atoms with E-state index in [1.165, 1.54) is 6.07 Å². The minimum atomic E-state index is -2.83. The molecule has 112 valence electrons. The van der Waals surface area contributed by atoms with E-state index in [0.29, 0.717) is 18.7 Å². The Labute approximate surface area is 138 Å². The van der Waals surface area contributed by atoms with Crippen LogP contribution in [0.15, 0.2) is 45.5 Å². The molecule has 0 aliphatic carbocycles. The summed E-state index contributed by atoms with van der Waals surface area (Å²) in [6.45, 7) is -1.90. The van der Waals surface area contributed by atoms with Gasteiger partial charge in [-0.05, 0) is 44.0 Å². The van der Waals surface area contributed by atoms with Crippen molar-refractivity contribution in [1.29, 1.82) is 0 Å². The van der Waals surface area contributed by atoms with E-state index in [-0.39, 0.29) is 5.75 Å². The summed E-state index contributed by atoms with van der Waals surface area (Å²) < 4.78 is 30.9. The van der Waals surface area contributed by atoms with Gasteiger partial charge >= 0.3 is 6.61 Å². The standard InChI is InChI=1S/C14H12Br2F2N2O/c15-10-5-11(16)12(20-7-10)8-19-6-9-3-1-2-4-13(9)21-14(17)18/h1-5,7,14,19H,6,8H2. The fraction of sp³-hybridized carbons (Fsp3) is 0.214. The summed E-state index contributed by atoms with van der Waals surface area (Å²) in [6, 6.07) is 8.61. The van der Waals surface area contributed by atoms with Crippen molar-refractivity contribution in [3.8, 4) is 5.75 Å². The third-order valence-corrected chi connectivity index (χ3v) is 3.80. The summed E-state index contributed by atoms with van der Waals surface area (Å²) in [5.41, 5.74) is 1.51.